The second-order valence-electron chi connectivity index (χ2n) is 17.4. The monoisotopic (exact) mass is 830 g/mol. The average Bonchev–Trinajstić information content (AvgIpc) is 2.77. The van der Waals surface area contributed by atoms with Gasteiger partial charge in [0.25, 0.3) is 0 Å². The third kappa shape index (κ3) is 23.2. The van der Waals surface area contributed by atoms with E-state index in [9.17, 15) is 9.59 Å². The molecule has 0 fully saturated rings. The zero-order valence-corrected chi connectivity index (χ0v) is 42.1. The number of carbonyl (C=O) groups excluding carboxylic acids is 2. The minimum absolute atomic E-state index is 0.206. The highest BCUT2D eigenvalue weighted by Gasteiger charge is 2.56. The minimum Gasteiger partial charge on any atom is -0.462 e. The van der Waals surface area contributed by atoms with Crippen LogP contribution in [0.5, 0.6) is 0 Å². The predicted octanol–water partition coefficient (Wildman–Crippen LogP) is 8.74. The van der Waals surface area contributed by atoms with Crippen LogP contribution >= 0.6 is 0 Å². The van der Waals surface area contributed by atoms with Crippen molar-refractivity contribution in [3.8, 4) is 0 Å². The molecule has 0 atom stereocenters. The maximum absolute atomic E-state index is 12.1. The topological polar surface area (TPSA) is 117 Å². The van der Waals surface area contributed by atoms with Gasteiger partial charge in [-0.25, -0.2) is 9.59 Å². The fourth-order valence-corrected chi connectivity index (χ4v) is 38.4. The Balaban J connectivity index is 6.60. The van der Waals surface area contributed by atoms with E-state index in [2.05, 4.69) is 91.7 Å². The normalized spacial score (nSPS) is 14.1. The van der Waals surface area contributed by atoms with E-state index >= 15 is 0 Å². The van der Waals surface area contributed by atoms with Gasteiger partial charge in [-0.2, -0.15) is 0 Å². The average molecular weight is 832 g/mol. The van der Waals surface area contributed by atoms with Crippen LogP contribution in [0.25, 0.3) is 0 Å². The van der Waals surface area contributed by atoms with E-state index < -0.39 is 79.9 Å². The van der Waals surface area contributed by atoms with Crippen molar-refractivity contribution in [1.82, 2.24) is 0 Å². The standard InChI is InChI=1S/C30H70O11Si8/c1-27(2)29(31)33-23-21-25-48(35-42(5,6)7,36-43(8,9)10)40-46(17,18)39-47(19,20)41-49(37-44(11,12)13,38-45(14,15)16)26-22-24-34-30(32)28(3)4/h1,3,21-26H2,2,4-20H3. The number of carbonyl (C=O) groups is 2. The van der Waals surface area contributed by atoms with Crippen molar-refractivity contribution in [2.24, 2.45) is 0 Å². The van der Waals surface area contributed by atoms with Crippen molar-refractivity contribution in [2.75, 3.05) is 13.2 Å². The molecule has 0 radical (unpaired) electrons. The maximum atomic E-state index is 12.1. The number of hydrogen-bond donors (Lipinski definition) is 0. The molecule has 0 bridgehead atoms. The van der Waals surface area contributed by atoms with Crippen LogP contribution in [-0.4, -0.2) is 93.2 Å². The maximum Gasteiger partial charge on any atom is 0.471 e. The molecule has 0 aliphatic rings. The van der Waals surface area contributed by atoms with Gasteiger partial charge in [0.15, 0.2) is 33.3 Å². The summed E-state index contributed by atoms with van der Waals surface area (Å²) in [5, 5.41) is 0. The third-order valence-electron chi connectivity index (χ3n) is 5.56. The van der Waals surface area contributed by atoms with Gasteiger partial charge in [0, 0.05) is 23.2 Å². The van der Waals surface area contributed by atoms with Crippen LogP contribution in [0, 0.1) is 0 Å². The molecule has 0 aromatic carbocycles. The lowest BCUT2D eigenvalue weighted by atomic mass is 10.4. The van der Waals surface area contributed by atoms with Gasteiger partial charge in [-0.15, -0.1) is 0 Å². The molecule has 0 aromatic rings. The largest absolute Gasteiger partial charge is 0.471 e. The van der Waals surface area contributed by atoms with Gasteiger partial charge in [0.2, 0.25) is 0 Å². The molecule has 0 aromatic heterocycles. The van der Waals surface area contributed by atoms with Gasteiger partial charge < -0.3 is 38.3 Å². The van der Waals surface area contributed by atoms with Crippen LogP contribution in [0.3, 0.4) is 0 Å². The van der Waals surface area contributed by atoms with Gasteiger partial charge in [-0.1, -0.05) is 13.2 Å². The molecule has 288 valence electrons. The van der Waals surface area contributed by atoms with Crippen LogP contribution in [0.4, 0.5) is 0 Å². The Kier molecular flexibility index (Phi) is 18.7. The van der Waals surface area contributed by atoms with E-state index in [0.717, 1.165) is 0 Å². The van der Waals surface area contributed by atoms with Crippen LogP contribution in [0.2, 0.25) is 117 Å². The van der Waals surface area contributed by atoms with Gasteiger partial charge in [0.05, 0.1) is 13.2 Å². The number of ether oxygens (including phenoxy) is 2. The SMILES string of the molecule is C=C(C)C(=O)OCCC[Si](O[Si](C)(C)C)(O[Si](C)(C)C)O[Si](C)(C)O[Si](C)(C)O[Si](CCCOC(=O)C(=C)C)(O[Si](C)(C)C)O[Si](C)(C)C. The Labute approximate surface area is 307 Å². The van der Waals surface area contributed by atoms with Crippen molar-refractivity contribution in [2.45, 2.75) is 144 Å². The summed E-state index contributed by atoms with van der Waals surface area (Å²) >= 11 is 0. The smallest absolute Gasteiger partial charge is 0.462 e. The molecule has 11 nitrogen and oxygen atoms in total. The van der Waals surface area contributed by atoms with E-state index in [0.29, 0.717) is 36.1 Å². The van der Waals surface area contributed by atoms with Crippen molar-refractivity contribution in [3.63, 3.8) is 0 Å². The zero-order valence-electron chi connectivity index (χ0n) is 34.1. The molecule has 49 heavy (non-hydrogen) atoms. The molecular formula is C30H70O11Si8. The summed E-state index contributed by atoms with van der Waals surface area (Å²) in [5.41, 5.74) is 0.712. The van der Waals surface area contributed by atoms with Gasteiger partial charge in [0.1, 0.15) is 0 Å². The summed E-state index contributed by atoms with van der Waals surface area (Å²) in [4.78, 5) is 24.2. The fraction of sp³-hybridized carbons (Fsp3) is 0.800. The molecule has 0 unspecified atom stereocenters. The first-order valence-corrected chi connectivity index (χ1v) is 40.3. The number of hydrogen-bond acceptors (Lipinski definition) is 11. The second-order valence-corrected chi connectivity index (χ2v) is 49.3. The molecule has 0 heterocycles. The zero-order chi connectivity index (χ0) is 38.9. The fourth-order valence-electron chi connectivity index (χ4n) is 4.83. The minimum atomic E-state index is -3.36. The summed E-state index contributed by atoms with van der Waals surface area (Å²) in [7, 11) is -21.5. The summed E-state index contributed by atoms with van der Waals surface area (Å²) in [6, 6.07) is 0.958. The van der Waals surface area contributed by atoms with E-state index in [1.807, 2.05) is 26.2 Å². The lowest BCUT2D eigenvalue weighted by Gasteiger charge is -2.47. The Bertz CT molecular complexity index is 1000. The van der Waals surface area contributed by atoms with Crippen LogP contribution in [-0.2, 0) is 47.9 Å². The van der Waals surface area contributed by atoms with Gasteiger partial charge in [-0.05, 0) is 131 Å². The van der Waals surface area contributed by atoms with Crippen molar-refractivity contribution in [3.05, 3.63) is 24.3 Å². The number of esters is 2. The van der Waals surface area contributed by atoms with E-state index in [1.54, 1.807) is 13.8 Å². The molecule has 0 amide bonds. The summed E-state index contributed by atoms with van der Waals surface area (Å²) in [5.74, 6) is -0.841. The molecule has 0 N–H and O–H groups in total. The highest BCUT2D eigenvalue weighted by Crippen LogP contribution is 2.35. The van der Waals surface area contributed by atoms with E-state index in [1.165, 1.54) is 0 Å². The molecule has 0 spiro atoms. The lowest BCUT2D eigenvalue weighted by molar-refractivity contribution is -0.139. The first kappa shape index (κ1) is 48.9. The van der Waals surface area contributed by atoms with E-state index in [4.69, 9.17) is 38.3 Å². The third-order valence-corrected chi connectivity index (χ3v) is 32.6. The number of rotatable bonds is 24. The highest BCUT2D eigenvalue weighted by atomic mass is 28.5. The highest BCUT2D eigenvalue weighted by molar-refractivity contribution is 6.93. The molecule has 19 heteroatoms. The van der Waals surface area contributed by atoms with Crippen molar-refractivity contribution in [1.29, 1.82) is 0 Å². The van der Waals surface area contributed by atoms with Crippen LogP contribution in [0.15, 0.2) is 24.3 Å². The molecule has 0 saturated heterocycles. The summed E-state index contributed by atoms with van der Waals surface area (Å²) in [6.45, 7) is 44.6. The quantitative estimate of drug-likeness (QED) is 0.0403. The van der Waals surface area contributed by atoms with Crippen LogP contribution < -0.4 is 0 Å². The molecule has 0 aliphatic carbocycles. The van der Waals surface area contributed by atoms with Crippen molar-refractivity contribution >= 4 is 79.9 Å². The molecular weight excluding hydrogens is 761 g/mol. The Morgan fingerprint density at radius 2 is 0.673 bits per heavy atom. The van der Waals surface area contributed by atoms with Crippen molar-refractivity contribution < 1.29 is 47.9 Å². The Morgan fingerprint density at radius 1 is 0.429 bits per heavy atom. The molecule has 0 aliphatic heterocycles. The summed E-state index contributed by atoms with van der Waals surface area (Å²) in [6.07, 6.45) is 1.03. The molecule has 0 saturated carbocycles. The first-order chi connectivity index (χ1) is 21.6. The van der Waals surface area contributed by atoms with Crippen LogP contribution in [0.1, 0.15) is 26.7 Å². The second kappa shape index (κ2) is 18.8. The van der Waals surface area contributed by atoms with Gasteiger partial charge >= 0.3 is 46.7 Å². The Hall–Kier alpha value is -0.125. The summed E-state index contributed by atoms with van der Waals surface area (Å²) < 4.78 is 59.7. The lowest BCUT2D eigenvalue weighted by Crippen LogP contribution is -2.66. The predicted molar refractivity (Wildman–Crippen MR) is 218 cm³/mol. The van der Waals surface area contributed by atoms with E-state index in [-0.39, 0.29) is 13.2 Å². The van der Waals surface area contributed by atoms with Gasteiger partial charge in [-0.3, -0.25) is 0 Å². The Morgan fingerprint density at radius 3 is 0.878 bits per heavy atom. The molecule has 0 rings (SSSR count). The first-order valence-electron chi connectivity index (χ1n) is 17.2.